The topological polar surface area (TPSA) is 45.9 Å². The van der Waals surface area contributed by atoms with Crippen LogP contribution in [-0.4, -0.2) is 4.98 Å². The summed E-state index contributed by atoms with van der Waals surface area (Å²) in [5.74, 6) is 0.573. The van der Waals surface area contributed by atoms with Gasteiger partial charge < -0.3 is 4.74 Å². The fourth-order valence-electron chi connectivity index (χ4n) is 1.55. The van der Waals surface area contributed by atoms with E-state index in [1.54, 1.807) is 12.1 Å². The van der Waals surface area contributed by atoms with E-state index in [0.29, 0.717) is 17.9 Å². The number of rotatable bonds is 3. The molecule has 0 N–H and O–H groups in total. The molecular formula is C14H11BrN2O. The minimum Gasteiger partial charge on any atom is -0.486 e. The number of nitriles is 1. The molecule has 1 aromatic carbocycles. The fraction of sp³-hybridized carbons (Fsp3) is 0.143. The molecule has 4 heteroatoms. The smallest absolute Gasteiger partial charge is 0.137 e. The summed E-state index contributed by atoms with van der Waals surface area (Å²) in [6, 6.07) is 13.2. The van der Waals surface area contributed by atoms with Crippen molar-refractivity contribution in [2.45, 2.75) is 13.5 Å². The van der Waals surface area contributed by atoms with E-state index < -0.39 is 0 Å². The highest BCUT2D eigenvalue weighted by molar-refractivity contribution is 9.10. The molecule has 0 aliphatic rings. The Bertz CT molecular complexity index is 605. The van der Waals surface area contributed by atoms with E-state index in [-0.39, 0.29) is 0 Å². The summed E-state index contributed by atoms with van der Waals surface area (Å²) in [6.07, 6.45) is 0. The SMILES string of the molecule is Cc1cccc(COc2ccc(Br)cc2C#N)n1. The van der Waals surface area contributed by atoms with Gasteiger partial charge in [0.05, 0.1) is 11.3 Å². The van der Waals surface area contributed by atoms with Crippen LogP contribution in [0.15, 0.2) is 40.9 Å². The normalized spacial score (nSPS) is 9.83. The zero-order valence-electron chi connectivity index (χ0n) is 9.85. The Morgan fingerprint density at radius 1 is 1.33 bits per heavy atom. The van der Waals surface area contributed by atoms with Crippen LogP contribution in [-0.2, 0) is 6.61 Å². The fourth-order valence-corrected chi connectivity index (χ4v) is 1.91. The highest BCUT2D eigenvalue weighted by Gasteiger charge is 2.04. The van der Waals surface area contributed by atoms with E-state index in [1.807, 2.05) is 31.2 Å². The summed E-state index contributed by atoms with van der Waals surface area (Å²) < 4.78 is 6.48. The van der Waals surface area contributed by atoms with Crippen LogP contribution in [0.2, 0.25) is 0 Å². The first kappa shape index (κ1) is 12.6. The second-order valence-corrected chi connectivity index (χ2v) is 4.73. The standard InChI is InChI=1S/C14H11BrN2O/c1-10-3-2-4-13(17-10)9-18-14-6-5-12(15)7-11(14)8-16/h2-7H,9H2,1H3. The van der Waals surface area contributed by atoms with Crippen LogP contribution >= 0.6 is 15.9 Å². The molecule has 18 heavy (non-hydrogen) atoms. The molecule has 0 atom stereocenters. The lowest BCUT2D eigenvalue weighted by atomic mass is 10.2. The molecule has 3 nitrogen and oxygen atoms in total. The lowest BCUT2D eigenvalue weighted by Gasteiger charge is -2.08. The van der Waals surface area contributed by atoms with E-state index in [9.17, 15) is 0 Å². The average molecular weight is 303 g/mol. The van der Waals surface area contributed by atoms with Crippen LogP contribution in [0.5, 0.6) is 5.75 Å². The Kier molecular flexibility index (Phi) is 3.96. The zero-order chi connectivity index (χ0) is 13.0. The van der Waals surface area contributed by atoms with Gasteiger partial charge in [-0.05, 0) is 37.3 Å². The predicted octanol–water partition coefficient (Wildman–Crippen LogP) is 3.60. The molecular weight excluding hydrogens is 292 g/mol. The molecule has 90 valence electrons. The van der Waals surface area contributed by atoms with Crippen molar-refractivity contribution in [1.29, 1.82) is 5.26 Å². The largest absolute Gasteiger partial charge is 0.486 e. The van der Waals surface area contributed by atoms with E-state index in [2.05, 4.69) is 27.0 Å². The van der Waals surface area contributed by atoms with Crippen molar-refractivity contribution in [3.8, 4) is 11.8 Å². The highest BCUT2D eigenvalue weighted by Crippen LogP contribution is 2.23. The Labute approximate surface area is 114 Å². The Balaban J connectivity index is 2.14. The zero-order valence-corrected chi connectivity index (χ0v) is 11.4. The quantitative estimate of drug-likeness (QED) is 0.870. The number of hydrogen-bond acceptors (Lipinski definition) is 3. The summed E-state index contributed by atoms with van der Waals surface area (Å²) >= 11 is 3.32. The number of aryl methyl sites for hydroxylation is 1. The molecule has 2 rings (SSSR count). The maximum absolute atomic E-state index is 9.02. The number of aromatic nitrogens is 1. The van der Waals surface area contributed by atoms with Gasteiger partial charge in [0.15, 0.2) is 0 Å². The predicted molar refractivity (Wildman–Crippen MR) is 72.2 cm³/mol. The van der Waals surface area contributed by atoms with Crippen molar-refractivity contribution in [1.82, 2.24) is 4.98 Å². The number of benzene rings is 1. The minimum atomic E-state index is 0.359. The van der Waals surface area contributed by atoms with Gasteiger partial charge in [-0.3, -0.25) is 4.98 Å². The van der Waals surface area contributed by atoms with Crippen molar-refractivity contribution in [3.63, 3.8) is 0 Å². The molecule has 0 spiro atoms. The van der Waals surface area contributed by atoms with Crippen LogP contribution in [0.25, 0.3) is 0 Å². The summed E-state index contributed by atoms with van der Waals surface area (Å²) in [6.45, 7) is 2.29. The average Bonchev–Trinajstić information content (AvgIpc) is 2.37. The second kappa shape index (κ2) is 5.65. The first-order valence-electron chi connectivity index (χ1n) is 5.44. The molecule has 0 aliphatic heterocycles. The number of ether oxygens (including phenoxy) is 1. The van der Waals surface area contributed by atoms with Crippen LogP contribution in [0.3, 0.4) is 0 Å². The van der Waals surface area contributed by atoms with Crippen LogP contribution in [0.4, 0.5) is 0 Å². The number of hydrogen-bond donors (Lipinski definition) is 0. The number of nitrogens with zero attached hydrogens (tertiary/aromatic N) is 2. The molecule has 0 unspecified atom stereocenters. The van der Waals surface area contributed by atoms with Crippen molar-refractivity contribution in [3.05, 3.63) is 57.8 Å². The molecule has 1 heterocycles. The number of pyridine rings is 1. The van der Waals surface area contributed by atoms with E-state index in [1.165, 1.54) is 0 Å². The Morgan fingerprint density at radius 2 is 2.17 bits per heavy atom. The van der Waals surface area contributed by atoms with Gasteiger partial charge in [-0.15, -0.1) is 0 Å². The van der Waals surface area contributed by atoms with Crippen molar-refractivity contribution >= 4 is 15.9 Å². The first-order chi connectivity index (χ1) is 8.69. The highest BCUT2D eigenvalue weighted by atomic mass is 79.9. The second-order valence-electron chi connectivity index (χ2n) is 3.81. The molecule has 1 aromatic heterocycles. The monoisotopic (exact) mass is 302 g/mol. The third kappa shape index (κ3) is 3.08. The van der Waals surface area contributed by atoms with Gasteiger partial charge in [-0.2, -0.15) is 5.26 Å². The molecule has 0 radical (unpaired) electrons. The van der Waals surface area contributed by atoms with Crippen LogP contribution in [0.1, 0.15) is 17.0 Å². The van der Waals surface area contributed by atoms with Gasteiger partial charge in [0.25, 0.3) is 0 Å². The van der Waals surface area contributed by atoms with Gasteiger partial charge >= 0.3 is 0 Å². The molecule has 0 saturated carbocycles. The van der Waals surface area contributed by atoms with E-state index in [4.69, 9.17) is 10.00 Å². The molecule has 0 amide bonds. The molecule has 0 saturated heterocycles. The Morgan fingerprint density at radius 3 is 2.89 bits per heavy atom. The van der Waals surface area contributed by atoms with E-state index >= 15 is 0 Å². The molecule has 0 aliphatic carbocycles. The van der Waals surface area contributed by atoms with Crippen LogP contribution in [0, 0.1) is 18.3 Å². The third-order valence-corrected chi connectivity index (χ3v) is 2.88. The van der Waals surface area contributed by atoms with Gasteiger partial charge in [-0.25, -0.2) is 0 Å². The minimum absolute atomic E-state index is 0.359. The third-order valence-electron chi connectivity index (χ3n) is 2.38. The molecule has 0 bridgehead atoms. The number of halogens is 1. The van der Waals surface area contributed by atoms with Gasteiger partial charge in [0.2, 0.25) is 0 Å². The maximum Gasteiger partial charge on any atom is 0.137 e. The molecule has 2 aromatic rings. The Hall–Kier alpha value is -1.86. The van der Waals surface area contributed by atoms with Crippen molar-refractivity contribution < 1.29 is 4.74 Å². The lowest BCUT2D eigenvalue weighted by Crippen LogP contribution is -2.00. The van der Waals surface area contributed by atoms with E-state index in [0.717, 1.165) is 15.9 Å². The van der Waals surface area contributed by atoms with Gasteiger partial charge in [0.1, 0.15) is 18.4 Å². The molecule has 0 fully saturated rings. The summed E-state index contributed by atoms with van der Waals surface area (Å²) in [7, 11) is 0. The summed E-state index contributed by atoms with van der Waals surface area (Å²) in [4.78, 5) is 4.34. The first-order valence-corrected chi connectivity index (χ1v) is 6.23. The van der Waals surface area contributed by atoms with Crippen molar-refractivity contribution in [2.75, 3.05) is 0 Å². The van der Waals surface area contributed by atoms with Gasteiger partial charge in [0, 0.05) is 10.2 Å². The summed E-state index contributed by atoms with van der Waals surface area (Å²) in [5.41, 5.74) is 2.31. The van der Waals surface area contributed by atoms with Crippen LogP contribution < -0.4 is 4.74 Å². The van der Waals surface area contributed by atoms with Crippen molar-refractivity contribution in [2.24, 2.45) is 0 Å². The summed E-state index contributed by atoms with van der Waals surface area (Å²) in [5, 5.41) is 9.02. The maximum atomic E-state index is 9.02. The lowest BCUT2D eigenvalue weighted by molar-refractivity contribution is 0.300. The van der Waals surface area contributed by atoms with Gasteiger partial charge in [-0.1, -0.05) is 22.0 Å².